The van der Waals surface area contributed by atoms with Crippen LogP contribution in [-0.4, -0.2) is 54.5 Å². The lowest BCUT2D eigenvalue weighted by atomic mass is 10.1. The van der Waals surface area contributed by atoms with E-state index < -0.39 is 0 Å². The predicted molar refractivity (Wildman–Crippen MR) is 89.3 cm³/mol. The molecular formula is C17H35N3O. The summed E-state index contributed by atoms with van der Waals surface area (Å²) in [5.41, 5.74) is 5.71. The molecule has 0 bridgehead atoms. The number of hydrogen-bond acceptors (Lipinski definition) is 3. The van der Waals surface area contributed by atoms with E-state index in [0.29, 0.717) is 11.9 Å². The Bertz CT molecular complexity index is 283. The number of carbonyl (C=O) groups excluding carboxylic acids is 1. The molecule has 21 heavy (non-hydrogen) atoms. The van der Waals surface area contributed by atoms with Crippen LogP contribution in [0.5, 0.6) is 0 Å². The monoisotopic (exact) mass is 297 g/mol. The minimum absolute atomic E-state index is 0.361. The number of hydrogen-bond donors (Lipinski definition) is 1. The lowest BCUT2D eigenvalue weighted by molar-refractivity contribution is -0.131. The standard InChI is InChI=1S/C17H35N3O/c1-3-5-6-7-9-17(21)20-13-8-12-19(14-15-20)16(4-2)10-11-18/h16H,3-15,18H2,1-2H3. The van der Waals surface area contributed by atoms with Gasteiger partial charge in [-0.15, -0.1) is 0 Å². The largest absolute Gasteiger partial charge is 0.341 e. The Morgan fingerprint density at radius 1 is 1.10 bits per heavy atom. The predicted octanol–water partition coefficient (Wildman–Crippen LogP) is 2.62. The van der Waals surface area contributed by atoms with Gasteiger partial charge in [0.15, 0.2) is 0 Å². The third kappa shape index (κ3) is 6.79. The van der Waals surface area contributed by atoms with Crippen LogP contribution in [0.25, 0.3) is 0 Å². The normalized spacial score (nSPS) is 18.5. The number of unbranched alkanes of at least 4 members (excludes halogenated alkanes) is 3. The van der Waals surface area contributed by atoms with Gasteiger partial charge in [-0.25, -0.2) is 0 Å². The maximum Gasteiger partial charge on any atom is 0.222 e. The lowest BCUT2D eigenvalue weighted by Crippen LogP contribution is -2.40. The van der Waals surface area contributed by atoms with Crippen molar-refractivity contribution in [3.05, 3.63) is 0 Å². The minimum Gasteiger partial charge on any atom is -0.341 e. The van der Waals surface area contributed by atoms with E-state index in [2.05, 4.69) is 23.6 Å². The van der Waals surface area contributed by atoms with Crippen molar-refractivity contribution in [1.82, 2.24) is 9.80 Å². The Balaban J connectivity index is 2.35. The van der Waals surface area contributed by atoms with Gasteiger partial charge in [0.05, 0.1) is 0 Å². The van der Waals surface area contributed by atoms with Crippen LogP contribution in [0.2, 0.25) is 0 Å². The van der Waals surface area contributed by atoms with Crippen molar-refractivity contribution in [2.45, 2.75) is 71.3 Å². The zero-order valence-corrected chi connectivity index (χ0v) is 14.1. The number of amides is 1. The molecule has 4 heteroatoms. The molecule has 1 aliphatic heterocycles. The molecule has 1 rings (SSSR count). The van der Waals surface area contributed by atoms with Gasteiger partial charge in [-0.1, -0.05) is 33.1 Å². The van der Waals surface area contributed by atoms with E-state index in [-0.39, 0.29) is 0 Å². The zero-order chi connectivity index (χ0) is 15.5. The van der Waals surface area contributed by atoms with E-state index >= 15 is 0 Å². The van der Waals surface area contributed by atoms with Crippen molar-refractivity contribution in [2.24, 2.45) is 5.73 Å². The van der Waals surface area contributed by atoms with Crippen molar-refractivity contribution >= 4 is 5.91 Å². The number of nitrogens with zero attached hydrogens (tertiary/aromatic N) is 2. The van der Waals surface area contributed by atoms with Gasteiger partial charge < -0.3 is 10.6 Å². The average molecular weight is 297 g/mol. The summed E-state index contributed by atoms with van der Waals surface area (Å²) in [6, 6.07) is 0.592. The molecule has 1 amide bonds. The fourth-order valence-electron chi connectivity index (χ4n) is 3.25. The fraction of sp³-hybridized carbons (Fsp3) is 0.941. The summed E-state index contributed by atoms with van der Waals surface area (Å²) in [4.78, 5) is 16.9. The highest BCUT2D eigenvalue weighted by Crippen LogP contribution is 2.14. The fourth-order valence-corrected chi connectivity index (χ4v) is 3.25. The summed E-state index contributed by atoms with van der Waals surface area (Å²) in [6.07, 6.45) is 8.78. The maximum absolute atomic E-state index is 12.3. The van der Waals surface area contributed by atoms with Crippen LogP contribution in [-0.2, 0) is 4.79 Å². The summed E-state index contributed by atoms with van der Waals surface area (Å²) in [5.74, 6) is 0.361. The molecule has 124 valence electrons. The Morgan fingerprint density at radius 2 is 1.90 bits per heavy atom. The van der Waals surface area contributed by atoms with Crippen LogP contribution < -0.4 is 5.73 Å². The lowest BCUT2D eigenvalue weighted by Gasteiger charge is -2.29. The zero-order valence-electron chi connectivity index (χ0n) is 14.1. The Hall–Kier alpha value is -0.610. The van der Waals surface area contributed by atoms with E-state index in [4.69, 9.17) is 5.73 Å². The van der Waals surface area contributed by atoms with E-state index in [0.717, 1.165) is 64.8 Å². The number of nitrogens with two attached hydrogens (primary N) is 1. The molecule has 4 nitrogen and oxygen atoms in total. The van der Waals surface area contributed by atoms with Gasteiger partial charge in [0.25, 0.3) is 0 Å². The van der Waals surface area contributed by atoms with Crippen LogP contribution in [0.1, 0.15) is 65.2 Å². The molecule has 0 saturated carbocycles. The molecule has 0 aliphatic carbocycles. The first kappa shape index (κ1) is 18.4. The molecule has 0 aromatic carbocycles. The van der Waals surface area contributed by atoms with E-state index in [1.165, 1.54) is 19.3 Å². The molecule has 0 aromatic heterocycles. The first-order chi connectivity index (χ1) is 10.2. The molecule has 0 radical (unpaired) electrons. The highest BCUT2D eigenvalue weighted by Gasteiger charge is 2.22. The second-order valence-corrected chi connectivity index (χ2v) is 6.22. The Morgan fingerprint density at radius 3 is 2.57 bits per heavy atom. The molecule has 1 saturated heterocycles. The summed E-state index contributed by atoms with van der Waals surface area (Å²) >= 11 is 0. The van der Waals surface area contributed by atoms with Crippen molar-refractivity contribution in [3.8, 4) is 0 Å². The molecule has 0 spiro atoms. The second-order valence-electron chi connectivity index (χ2n) is 6.22. The van der Waals surface area contributed by atoms with E-state index in [9.17, 15) is 4.79 Å². The summed E-state index contributed by atoms with van der Waals surface area (Å²) in [7, 11) is 0. The first-order valence-corrected chi connectivity index (χ1v) is 8.94. The third-order valence-electron chi connectivity index (χ3n) is 4.61. The van der Waals surface area contributed by atoms with Crippen molar-refractivity contribution in [1.29, 1.82) is 0 Å². The van der Waals surface area contributed by atoms with Gasteiger partial charge in [0, 0.05) is 38.6 Å². The van der Waals surface area contributed by atoms with Gasteiger partial charge in [-0.3, -0.25) is 9.69 Å². The average Bonchev–Trinajstić information content (AvgIpc) is 2.75. The summed E-state index contributed by atoms with van der Waals surface area (Å²) < 4.78 is 0. The van der Waals surface area contributed by atoms with E-state index in [1.54, 1.807) is 0 Å². The minimum atomic E-state index is 0.361. The SMILES string of the molecule is CCCCCCC(=O)N1CCCN(C(CC)CCN)CC1. The van der Waals surface area contributed by atoms with Crippen molar-refractivity contribution in [3.63, 3.8) is 0 Å². The van der Waals surface area contributed by atoms with Crippen LogP contribution in [0.4, 0.5) is 0 Å². The second kappa shape index (κ2) is 11.0. The van der Waals surface area contributed by atoms with Gasteiger partial charge in [0.1, 0.15) is 0 Å². The highest BCUT2D eigenvalue weighted by molar-refractivity contribution is 5.76. The Kier molecular flexibility index (Phi) is 9.68. The Labute approximate surface area is 131 Å². The third-order valence-corrected chi connectivity index (χ3v) is 4.61. The van der Waals surface area contributed by atoms with Gasteiger partial charge in [-0.2, -0.15) is 0 Å². The molecule has 1 aliphatic rings. The summed E-state index contributed by atoms with van der Waals surface area (Å²) in [5, 5.41) is 0. The molecule has 1 unspecified atom stereocenters. The van der Waals surface area contributed by atoms with Crippen LogP contribution in [0.15, 0.2) is 0 Å². The molecule has 2 N–H and O–H groups in total. The van der Waals surface area contributed by atoms with Crippen molar-refractivity contribution in [2.75, 3.05) is 32.7 Å². The molecule has 1 fully saturated rings. The molecule has 0 aromatic rings. The van der Waals surface area contributed by atoms with Crippen LogP contribution in [0.3, 0.4) is 0 Å². The van der Waals surface area contributed by atoms with Gasteiger partial charge in [-0.05, 0) is 32.2 Å². The first-order valence-electron chi connectivity index (χ1n) is 8.94. The molecule has 1 atom stereocenters. The highest BCUT2D eigenvalue weighted by atomic mass is 16.2. The quantitative estimate of drug-likeness (QED) is 0.666. The maximum atomic E-state index is 12.3. The smallest absolute Gasteiger partial charge is 0.222 e. The molecule has 1 heterocycles. The van der Waals surface area contributed by atoms with Crippen molar-refractivity contribution < 1.29 is 4.79 Å². The molecular weight excluding hydrogens is 262 g/mol. The van der Waals surface area contributed by atoms with Crippen LogP contribution >= 0.6 is 0 Å². The van der Waals surface area contributed by atoms with Gasteiger partial charge in [0.2, 0.25) is 5.91 Å². The number of carbonyl (C=O) groups is 1. The van der Waals surface area contributed by atoms with E-state index in [1.807, 2.05) is 0 Å². The van der Waals surface area contributed by atoms with Gasteiger partial charge >= 0.3 is 0 Å². The number of rotatable bonds is 9. The topological polar surface area (TPSA) is 49.6 Å². The summed E-state index contributed by atoms with van der Waals surface area (Å²) in [6.45, 7) is 9.15. The van der Waals surface area contributed by atoms with Crippen LogP contribution in [0, 0.1) is 0 Å².